The molecule has 2 aromatic carbocycles. The maximum Gasteiger partial charge on any atom is 0.239 e. The van der Waals surface area contributed by atoms with Gasteiger partial charge in [0.15, 0.2) is 0 Å². The van der Waals surface area contributed by atoms with E-state index in [0.29, 0.717) is 18.6 Å². The van der Waals surface area contributed by atoms with Crippen molar-refractivity contribution in [3.05, 3.63) is 71.6 Å². The van der Waals surface area contributed by atoms with Crippen molar-refractivity contribution in [2.24, 2.45) is 0 Å². The van der Waals surface area contributed by atoms with E-state index in [1.54, 1.807) is 23.7 Å². The molecule has 0 radical (unpaired) electrons. The Morgan fingerprint density at radius 2 is 1.79 bits per heavy atom. The second-order valence-electron chi connectivity index (χ2n) is 10.4. The number of nitrogens with zero attached hydrogens (tertiary/aromatic N) is 3. The lowest BCUT2D eigenvalue weighted by atomic mass is 9.91. The first-order valence-electron chi connectivity index (χ1n) is 13.1. The molecule has 2 atom stereocenters. The average molecular weight is 457 g/mol. The summed E-state index contributed by atoms with van der Waals surface area (Å²) in [5.74, 6) is 1.74. The van der Waals surface area contributed by atoms with Crippen LogP contribution >= 0.6 is 0 Å². The molecular formula is C29H36N4O. The predicted molar refractivity (Wildman–Crippen MR) is 138 cm³/mol. The summed E-state index contributed by atoms with van der Waals surface area (Å²) in [4.78, 5) is 19.4. The molecule has 2 aliphatic heterocycles. The van der Waals surface area contributed by atoms with Gasteiger partial charge in [-0.3, -0.25) is 9.69 Å². The molecule has 1 amide bonds. The molecule has 0 aromatic heterocycles. The van der Waals surface area contributed by atoms with Crippen molar-refractivity contribution in [2.45, 2.75) is 62.9 Å². The highest BCUT2D eigenvalue weighted by atomic mass is 16.1. The van der Waals surface area contributed by atoms with Crippen LogP contribution in [-0.2, 0) is 11.2 Å². The Balaban J connectivity index is 1.21. The predicted octanol–water partition coefficient (Wildman–Crippen LogP) is 4.95. The Labute approximate surface area is 203 Å². The van der Waals surface area contributed by atoms with E-state index in [0.717, 1.165) is 43.4 Å². The minimum Gasteiger partial charge on any atom is -0.358 e. The Kier molecular flexibility index (Phi) is 5.60. The van der Waals surface area contributed by atoms with Gasteiger partial charge in [-0.1, -0.05) is 43.3 Å². The number of rotatable bonds is 4. The topological polar surface area (TPSA) is 38.8 Å². The largest absolute Gasteiger partial charge is 0.358 e. The molecule has 5 nitrogen and oxygen atoms in total. The first-order valence-corrected chi connectivity index (χ1v) is 13.1. The van der Waals surface area contributed by atoms with Crippen LogP contribution in [0.3, 0.4) is 0 Å². The van der Waals surface area contributed by atoms with Crippen molar-refractivity contribution in [1.29, 1.82) is 0 Å². The summed E-state index contributed by atoms with van der Waals surface area (Å²) >= 11 is 0. The van der Waals surface area contributed by atoms with E-state index in [-0.39, 0.29) is 5.91 Å². The van der Waals surface area contributed by atoms with E-state index in [1.807, 2.05) is 6.07 Å². The van der Waals surface area contributed by atoms with Gasteiger partial charge in [0.1, 0.15) is 12.4 Å². The highest BCUT2D eigenvalue weighted by Gasteiger charge is 2.39. The van der Waals surface area contributed by atoms with Crippen LogP contribution < -0.4 is 15.1 Å². The molecule has 0 spiro atoms. The number of likely N-dealkylation sites (tertiary alicyclic amines) is 1. The third-order valence-electron chi connectivity index (χ3n) is 8.70. The zero-order valence-corrected chi connectivity index (χ0v) is 20.3. The number of fused-ring (bicyclic) bond motifs is 1. The zero-order chi connectivity index (χ0) is 23.2. The Hall–Kier alpha value is -2.79. The summed E-state index contributed by atoms with van der Waals surface area (Å²) in [6.45, 7) is 6.97. The van der Waals surface area contributed by atoms with Crippen molar-refractivity contribution < 1.29 is 4.79 Å². The van der Waals surface area contributed by atoms with Gasteiger partial charge in [-0.05, 0) is 73.3 Å². The number of carbonyl (C=O) groups excluding carboxylic acids is 1. The molecule has 2 aliphatic carbocycles. The number of anilines is 2. The molecule has 1 saturated heterocycles. The Morgan fingerprint density at radius 1 is 1.00 bits per heavy atom. The van der Waals surface area contributed by atoms with Gasteiger partial charge in [0.25, 0.3) is 0 Å². The lowest BCUT2D eigenvalue weighted by molar-refractivity contribution is -0.119. The van der Waals surface area contributed by atoms with Gasteiger partial charge in [-0.25, -0.2) is 0 Å². The summed E-state index contributed by atoms with van der Waals surface area (Å²) < 4.78 is 0. The molecule has 2 heterocycles. The van der Waals surface area contributed by atoms with Gasteiger partial charge in [0, 0.05) is 32.2 Å². The summed E-state index contributed by atoms with van der Waals surface area (Å²) in [6, 6.07) is 16.5. The van der Waals surface area contributed by atoms with Crippen LogP contribution in [0.25, 0.3) is 0 Å². The number of piperidine rings is 1. The van der Waals surface area contributed by atoms with Crippen molar-refractivity contribution >= 4 is 17.3 Å². The maximum absolute atomic E-state index is 12.2. The van der Waals surface area contributed by atoms with Crippen LogP contribution in [0.2, 0.25) is 0 Å². The second kappa shape index (κ2) is 8.77. The molecule has 5 heteroatoms. The van der Waals surface area contributed by atoms with Crippen LogP contribution in [0.1, 0.15) is 67.2 Å². The lowest BCUT2D eigenvalue weighted by Gasteiger charge is -2.42. The molecule has 0 bridgehead atoms. The number of aryl methyl sites for hydroxylation is 1. The number of amides is 1. The number of hydrogen-bond donors (Lipinski definition) is 1. The maximum atomic E-state index is 12.2. The van der Waals surface area contributed by atoms with E-state index in [4.69, 9.17) is 0 Å². The minimum absolute atomic E-state index is 0.00897. The van der Waals surface area contributed by atoms with Gasteiger partial charge in [-0.2, -0.15) is 0 Å². The normalized spacial score (nSPS) is 24.7. The fourth-order valence-electron chi connectivity index (χ4n) is 7.06. The van der Waals surface area contributed by atoms with E-state index in [9.17, 15) is 4.79 Å². The molecule has 6 rings (SSSR count). The molecule has 2 aromatic rings. The molecule has 0 saturated carbocycles. The van der Waals surface area contributed by atoms with Gasteiger partial charge < -0.3 is 15.1 Å². The average Bonchev–Trinajstić information content (AvgIpc) is 3.33. The van der Waals surface area contributed by atoms with Crippen molar-refractivity contribution in [2.75, 3.05) is 36.5 Å². The first-order chi connectivity index (χ1) is 16.7. The highest BCUT2D eigenvalue weighted by molar-refractivity contribution is 5.89. The monoisotopic (exact) mass is 456 g/mol. The van der Waals surface area contributed by atoms with Crippen LogP contribution in [0.5, 0.6) is 0 Å². The Bertz CT molecular complexity index is 1100. The standard InChI is InChI=1S/C29H36N4O/c1-20-32(19-28(34)30-2)26-10-3-4-11-27(26)33(20)23-15-17-31(18-16-23)25-12-6-8-22-14-13-21-7-5-9-24(25)29(21)22/h3-5,7,9-11,22-23,25H,1,6,8,12-19H2,2H3,(H,30,34). The number of benzene rings is 2. The first kappa shape index (κ1) is 21.7. The fourth-order valence-corrected chi connectivity index (χ4v) is 7.06. The quantitative estimate of drug-likeness (QED) is 0.707. The van der Waals surface area contributed by atoms with Crippen molar-refractivity contribution in [3.63, 3.8) is 0 Å². The molecule has 1 fully saturated rings. The fraction of sp³-hybridized carbons (Fsp3) is 0.483. The van der Waals surface area contributed by atoms with Crippen LogP contribution in [0.15, 0.2) is 54.9 Å². The van der Waals surface area contributed by atoms with E-state index in [1.165, 1.54) is 37.8 Å². The summed E-state index contributed by atoms with van der Waals surface area (Å²) in [5, 5.41) is 2.76. The van der Waals surface area contributed by atoms with Crippen LogP contribution in [0, 0.1) is 0 Å². The minimum atomic E-state index is 0.00897. The lowest BCUT2D eigenvalue weighted by Crippen LogP contribution is -2.46. The number of hydrogen-bond acceptors (Lipinski definition) is 4. The second-order valence-corrected chi connectivity index (χ2v) is 10.4. The molecule has 4 aliphatic rings. The van der Waals surface area contributed by atoms with Crippen LogP contribution in [-0.4, -0.2) is 43.5 Å². The molecular weight excluding hydrogens is 420 g/mol. The van der Waals surface area contributed by atoms with Gasteiger partial charge >= 0.3 is 0 Å². The third-order valence-corrected chi connectivity index (χ3v) is 8.70. The smallest absolute Gasteiger partial charge is 0.239 e. The van der Waals surface area contributed by atoms with E-state index < -0.39 is 0 Å². The third kappa shape index (κ3) is 3.52. The van der Waals surface area contributed by atoms with E-state index in [2.05, 4.69) is 63.0 Å². The summed E-state index contributed by atoms with van der Waals surface area (Å²) in [6.07, 6.45) is 8.86. The van der Waals surface area contributed by atoms with Crippen molar-refractivity contribution in [1.82, 2.24) is 10.2 Å². The van der Waals surface area contributed by atoms with Gasteiger partial charge in [0.2, 0.25) is 5.91 Å². The summed E-state index contributed by atoms with van der Waals surface area (Å²) in [7, 11) is 1.69. The number of likely N-dealkylation sites (N-methyl/N-ethyl adjacent to an activating group) is 1. The molecule has 1 N–H and O–H groups in total. The van der Waals surface area contributed by atoms with Gasteiger partial charge in [0.05, 0.1) is 11.4 Å². The van der Waals surface area contributed by atoms with Crippen LogP contribution in [0.4, 0.5) is 11.4 Å². The number of carbonyl (C=O) groups is 1. The Morgan fingerprint density at radius 3 is 2.59 bits per heavy atom. The molecule has 2 unspecified atom stereocenters. The van der Waals surface area contributed by atoms with E-state index >= 15 is 0 Å². The molecule has 34 heavy (non-hydrogen) atoms. The highest BCUT2D eigenvalue weighted by Crippen LogP contribution is 2.47. The van der Waals surface area contributed by atoms with Crippen molar-refractivity contribution in [3.8, 4) is 0 Å². The number of nitrogens with one attached hydrogen (secondary N) is 1. The van der Waals surface area contributed by atoms with Gasteiger partial charge in [-0.15, -0.1) is 0 Å². The molecule has 178 valence electrons. The number of para-hydroxylation sites is 2. The summed E-state index contributed by atoms with van der Waals surface area (Å²) in [5.41, 5.74) is 7.23. The zero-order valence-electron chi connectivity index (χ0n) is 20.3. The SMILES string of the molecule is C=C1N(CC(=O)NC)c2ccccc2N1C1CCN(C2CCCC3CCc4cccc2c43)CC1.